The van der Waals surface area contributed by atoms with Crippen molar-refractivity contribution in [3.8, 4) is 0 Å². The summed E-state index contributed by atoms with van der Waals surface area (Å²) in [6, 6.07) is 10.6. The molecule has 1 aromatic carbocycles. The molecule has 0 radical (unpaired) electrons. The molecule has 4 rings (SSSR count). The Kier molecular flexibility index (Phi) is 6.32. The van der Waals surface area contributed by atoms with Gasteiger partial charge in [-0.05, 0) is 45.1 Å². The molecular formula is C24H32N4O2. The van der Waals surface area contributed by atoms with Gasteiger partial charge in [0.05, 0.1) is 5.69 Å². The molecule has 2 aromatic rings. The Hall–Kier alpha value is -2.47. The normalized spacial score (nSPS) is 17.9. The van der Waals surface area contributed by atoms with Gasteiger partial charge in [-0.15, -0.1) is 0 Å². The van der Waals surface area contributed by atoms with E-state index in [0.29, 0.717) is 12.5 Å². The van der Waals surface area contributed by atoms with Gasteiger partial charge in [0.1, 0.15) is 5.82 Å². The number of carbonyl (C=O) groups excluding carboxylic acids is 1. The maximum atomic E-state index is 12.6. The fourth-order valence-electron chi connectivity index (χ4n) is 4.57. The molecule has 0 saturated carbocycles. The quantitative estimate of drug-likeness (QED) is 0.826. The Morgan fingerprint density at radius 3 is 2.60 bits per heavy atom. The molecule has 0 unspecified atom stereocenters. The first-order valence-electron chi connectivity index (χ1n) is 11.2. The van der Waals surface area contributed by atoms with Crippen LogP contribution in [0.2, 0.25) is 0 Å². The molecule has 0 aliphatic carbocycles. The minimum Gasteiger partial charge on any atom is -0.343 e. The molecule has 6 heteroatoms. The fourth-order valence-corrected chi connectivity index (χ4v) is 4.57. The van der Waals surface area contributed by atoms with Crippen LogP contribution in [-0.4, -0.2) is 51.4 Å². The van der Waals surface area contributed by atoms with Crippen molar-refractivity contribution in [2.45, 2.75) is 64.5 Å². The molecule has 30 heavy (non-hydrogen) atoms. The Morgan fingerprint density at radius 1 is 1.17 bits per heavy atom. The fraction of sp³-hybridized carbons (Fsp3) is 0.542. The van der Waals surface area contributed by atoms with Gasteiger partial charge in [-0.2, -0.15) is 0 Å². The predicted octanol–water partition coefficient (Wildman–Crippen LogP) is 2.88. The number of hydrogen-bond donors (Lipinski definition) is 1. The molecule has 3 heterocycles. The SMILES string of the molecule is CC(C)N1CCc2c(nc(C3CCN(C(=O)CCc4ccccc4)CC3)[nH]c2=O)C1. The van der Waals surface area contributed by atoms with Crippen LogP contribution in [0.25, 0.3) is 0 Å². The lowest BCUT2D eigenvalue weighted by atomic mass is 9.94. The van der Waals surface area contributed by atoms with E-state index in [0.717, 1.165) is 68.9 Å². The van der Waals surface area contributed by atoms with Crippen molar-refractivity contribution >= 4 is 5.91 Å². The molecule has 1 N–H and O–H groups in total. The summed E-state index contributed by atoms with van der Waals surface area (Å²) in [6.07, 6.45) is 3.81. The average molecular weight is 409 g/mol. The summed E-state index contributed by atoms with van der Waals surface area (Å²) in [7, 11) is 0. The van der Waals surface area contributed by atoms with Crippen molar-refractivity contribution in [2.24, 2.45) is 0 Å². The number of rotatable bonds is 5. The van der Waals surface area contributed by atoms with E-state index >= 15 is 0 Å². The number of H-pyrrole nitrogens is 1. The van der Waals surface area contributed by atoms with Crippen molar-refractivity contribution in [3.63, 3.8) is 0 Å². The lowest BCUT2D eigenvalue weighted by molar-refractivity contribution is -0.132. The first-order chi connectivity index (χ1) is 14.5. The van der Waals surface area contributed by atoms with Gasteiger partial charge in [0.25, 0.3) is 5.56 Å². The van der Waals surface area contributed by atoms with Gasteiger partial charge in [0, 0.05) is 50.1 Å². The molecule has 1 aromatic heterocycles. The van der Waals surface area contributed by atoms with Crippen LogP contribution in [0.15, 0.2) is 35.1 Å². The van der Waals surface area contributed by atoms with Crippen LogP contribution >= 0.6 is 0 Å². The number of aromatic amines is 1. The van der Waals surface area contributed by atoms with Gasteiger partial charge >= 0.3 is 0 Å². The van der Waals surface area contributed by atoms with E-state index in [1.807, 2.05) is 23.1 Å². The molecule has 1 saturated heterocycles. The first-order valence-corrected chi connectivity index (χ1v) is 11.2. The van der Waals surface area contributed by atoms with Crippen molar-refractivity contribution in [2.75, 3.05) is 19.6 Å². The van der Waals surface area contributed by atoms with Gasteiger partial charge in [-0.25, -0.2) is 4.98 Å². The van der Waals surface area contributed by atoms with Crippen LogP contribution in [0.4, 0.5) is 0 Å². The summed E-state index contributed by atoms with van der Waals surface area (Å²) in [4.78, 5) is 37.5. The highest BCUT2D eigenvalue weighted by atomic mass is 16.2. The number of amides is 1. The standard InChI is InChI=1S/C24H32N4O2/c1-17(2)28-15-12-20-21(16-28)25-23(26-24(20)30)19-10-13-27(14-11-19)22(29)9-8-18-6-4-3-5-7-18/h3-7,17,19H,8-16H2,1-2H3,(H,25,26,30). The number of hydrogen-bond acceptors (Lipinski definition) is 4. The number of nitrogens with one attached hydrogen (secondary N) is 1. The summed E-state index contributed by atoms with van der Waals surface area (Å²) in [5.74, 6) is 1.24. The lowest BCUT2D eigenvalue weighted by Gasteiger charge is -2.33. The topological polar surface area (TPSA) is 69.3 Å². The minimum absolute atomic E-state index is 0.0276. The monoisotopic (exact) mass is 408 g/mol. The molecule has 2 aliphatic heterocycles. The van der Waals surface area contributed by atoms with E-state index in [-0.39, 0.29) is 17.4 Å². The van der Waals surface area contributed by atoms with E-state index in [4.69, 9.17) is 4.98 Å². The molecule has 2 aliphatic rings. The largest absolute Gasteiger partial charge is 0.343 e. The summed E-state index contributed by atoms with van der Waals surface area (Å²) in [5.41, 5.74) is 3.02. The highest BCUT2D eigenvalue weighted by molar-refractivity contribution is 5.76. The van der Waals surface area contributed by atoms with E-state index in [2.05, 4.69) is 35.9 Å². The number of aryl methyl sites for hydroxylation is 1. The maximum Gasteiger partial charge on any atom is 0.254 e. The van der Waals surface area contributed by atoms with Crippen LogP contribution in [0.1, 0.15) is 61.7 Å². The number of benzene rings is 1. The Labute approximate surface area is 178 Å². The van der Waals surface area contributed by atoms with Crippen LogP contribution in [0.5, 0.6) is 0 Å². The molecular weight excluding hydrogens is 376 g/mol. The number of nitrogens with zero attached hydrogens (tertiary/aromatic N) is 3. The minimum atomic E-state index is 0.0276. The molecule has 6 nitrogen and oxygen atoms in total. The third-order valence-corrected chi connectivity index (χ3v) is 6.56. The first kappa shape index (κ1) is 20.8. The zero-order valence-corrected chi connectivity index (χ0v) is 18.1. The summed E-state index contributed by atoms with van der Waals surface area (Å²) >= 11 is 0. The van der Waals surface area contributed by atoms with Crippen molar-refractivity contribution in [1.29, 1.82) is 0 Å². The van der Waals surface area contributed by atoms with Crippen LogP contribution < -0.4 is 5.56 Å². The molecule has 0 spiro atoms. The zero-order valence-electron chi connectivity index (χ0n) is 18.1. The second-order valence-corrected chi connectivity index (χ2v) is 8.83. The van der Waals surface area contributed by atoms with Crippen molar-refractivity contribution in [1.82, 2.24) is 19.8 Å². The number of fused-ring (bicyclic) bond motifs is 1. The highest BCUT2D eigenvalue weighted by Crippen LogP contribution is 2.27. The maximum absolute atomic E-state index is 12.6. The summed E-state index contributed by atoms with van der Waals surface area (Å²) in [5, 5.41) is 0. The average Bonchev–Trinajstić information content (AvgIpc) is 2.77. The lowest BCUT2D eigenvalue weighted by Crippen LogP contribution is -2.41. The number of carbonyl (C=O) groups is 1. The Morgan fingerprint density at radius 2 is 1.90 bits per heavy atom. The number of aromatic nitrogens is 2. The van der Waals surface area contributed by atoms with E-state index in [1.165, 1.54) is 5.56 Å². The van der Waals surface area contributed by atoms with Crippen LogP contribution in [0.3, 0.4) is 0 Å². The van der Waals surface area contributed by atoms with Gasteiger partial charge < -0.3 is 9.88 Å². The zero-order chi connectivity index (χ0) is 21.1. The Bertz CT molecular complexity index is 930. The van der Waals surface area contributed by atoms with Crippen LogP contribution in [-0.2, 0) is 24.2 Å². The van der Waals surface area contributed by atoms with Gasteiger partial charge in [0.15, 0.2) is 0 Å². The molecule has 0 atom stereocenters. The van der Waals surface area contributed by atoms with Gasteiger partial charge in [-0.3, -0.25) is 14.5 Å². The van der Waals surface area contributed by atoms with E-state index in [9.17, 15) is 9.59 Å². The van der Waals surface area contributed by atoms with Crippen LogP contribution in [0, 0.1) is 0 Å². The summed E-state index contributed by atoms with van der Waals surface area (Å²) in [6.45, 7) is 7.50. The second kappa shape index (κ2) is 9.13. The predicted molar refractivity (Wildman–Crippen MR) is 117 cm³/mol. The van der Waals surface area contributed by atoms with E-state index in [1.54, 1.807) is 0 Å². The second-order valence-electron chi connectivity index (χ2n) is 8.83. The molecule has 1 amide bonds. The highest BCUT2D eigenvalue weighted by Gasteiger charge is 2.28. The van der Waals surface area contributed by atoms with E-state index < -0.39 is 0 Å². The van der Waals surface area contributed by atoms with Gasteiger partial charge in [-0.1, -0.05) is 30.3 Å². The third kappa shape index (κ3) is 4.64. The summed E-state index contributed by atoms with van der Waals surface area (Å²) < 4.78 is 0. The smallest absolute Gasteiger partial charge is 0.254 e. The number of likely N-dealkylation sites (tertiary alicyclic amines) is 1. The van der Waals surface area contributed by atoms with Crippen molar-refractivity contribution < 1.29 is 4.79 Å². The molecule has 0 bridgehead atoms. The Balaban J connectivity index is 1.36. The number of piperidine rings is 1. The molecule has 160 valence electrons. The van der Waals surface area contributed by atoms with Gasteiger partial charge in [0.2, 0.25) is 5.91 Å². The van der Waals surface area contributed by atoms with Crippen molar-refractivity contribution in [3.05, 3.63) is 63.3 Å². The third-order valence-electron chi connectivity index (χ3n) is 6.56. The molecule has 1 fully saturated rings.